The molecule has 2 rings (SSSR count). The van der Waals surface area contributed by atoms with Gasteiger partial charge in [0.2, 0.25) is 0 Å². The van der Waals surface area contributed by atoms with Crippen LogP contribution in [-0.4, -0.2) is 11.5 Å². The lowest BCUT2D eigenvalue weighted by Crippen LogP contribution is -1.96. The van der Waals surface area contributed by atoms with Crippen LogP contribution in [0.5, 0.6) is 5.75 Å². The number of benzene rings is 1. The maximum Gasteiger partial charge on any atom is 0.434 e. The van der Waals surface area contributed by atoms with Crippen molar-refractivity contribution in [1.29, 1.82) is 0 Å². The smallest absolute Gasteiger partial charge is 0.434 e. The number of ether oxygens (including phenoxy) is 1. The van der Waals surface area contributed by atoms with E-state index in [2.05, 4.69) is 6.92 Å². The highest BCUT2D eigenvalue weighted by atomic mass is 16.6. The molecule has 0 unspecified atom stereocenters. The molecule has 0 fully saturated rings. The monoisotopic (exact) mass is 263 g/mol. The first-order valence-electron chi connectivity index (χ1n) is 6.51. The fraction of sp³-hybridized carbons (Fsp3) is 0.429. The lowest BCUT2D eigenvalue weighted by Gasteiger charge is -2.05. The fourth-order valence-electron chi connectivity index (χ4n) is 1.91. The number of furan rings is 1. The van der Waals surface area contributed by atoms with Crippen LogP contribution in [-0.2, 0) is 0 Å². The number of hydrogen-bond donors (Lipinski definition) is 0. The van der Waals surface area contributed by atoms with Crippen molar-refractivity contribution in [3.8, 4) is 5.75 Å². The molecule has 0 saturated carbocycles. The minimum absolute atomic E-state index is 0.241. The SMILES string of the molecule is CCCCCCOc1ccc2oc([N+](=O)[O-])cc2c1. The Kier molecular flexibility index (Phi) is 4.39. The summed E-state index contributed by atoms with van der Waals surface area (Å²) in [5.74, 6) is 0.481. The van der Waals surface area contributed by atoms with Crippen LogP contribution in [0, 0.1) is 10.1 Å². The third-order valence-corrected chi connectivity index (χ3v) is 2.92. The first kappa shape index (κ1) is 13.4. The van der Waals surface area contributed by atoms with Gasteiger partial charge in [0.25, 0.3) is 0 Å². The Hall–Kier alpha value is -2.04. The lowest BCUT2D eigenvalue weighted by molar-refractivity contribution is -0.401. The fourth-order valence-corrected chi connectivity index (χ4v) is 1.91. The third kappa shape index (κ3) is 3.47. The van der Waals surface area contributed by atoms with Crippen molar-refractivity contribution in [3.63, 3.8) is 0 Å². The summed E-state index contributed by atoms with van der Waals surface area (Å²) in [5, 5.41) is 11.3. The van der Waals surface area contributed by atoms with Gasteiger partial charge in [0.15, 0.2) is 0 Å². The molecule has 0 radical (unpaired) electrons. The number of hydrogen-bond acceptors (Lipinski definition) is 4. The van der Waals surface area contributed by atoms with E-state index in [-0.39, 0.29) is 5.88 Å². The van der Waals surface area contributed by atoms with Gasteiger partial charge in [-0.05, 0) is 24.6 Å². The Labute approximate surface area is 111 Å². The highest BCUT2D eigenvalue weighted by molar-refractivity contribution is 5.81. The van der Waals surface area contributed by atoms with Gasteiger partial charge in [-0.15, -0.1) is 0 Å². The van der Waals surface area contributed by atoms with Gasteiger partial charge in [-0.2, -0.15) is 0 Å². The van der Waals surface area contributed by atoms with Crippen LogP contribution in [0.15, 0.2) is 28.7 Å². The molecule has 102 valence electrons. The minimum atomic E-state index is -0.536. The summed E-state index contributed by atoms with van der Waals surface area (Å²) >= 11 is 0. The first-order valence-corrected chi connectivity index (χ1v) is 6.51. The van der Waals surface area contributed by atoms with Crippen molar-refractivity contribution in [2.75, 3.05) is 6.61 Å². The number of nitro groups is 1. The molecule has 5 heteroatoms. The van der Waals surface area contributed by atoms with Gasteiger partial charge >= 0.3 is 5.88 Å². The minimum Gasteiger partial charge on any atom is -0.494 e. The predicted octanol–water partition coefficient (Wildman–Crippen LogP) is 4.30. The number of fused-ring (bicyclic) bond motifs is 1. The number of unbranched alkanes of at least 4 members (excludes halogenated alkanes) is 3. The number of nitrogens with zero attached hydrogens (tertiary/aromatic N) is 1. The lowest BCUT2D eigenvalue weighted by atomic mass is 10.2. The molecule has 0 bridgehead atoms. The van der Waals surface area contributed by atoms with Gasteiger partial charge in [0.05, 0.1) is 12.7 Å². The van der Waals surface area contributed by atoms with E-state index < -0.39 is 4.92 Å². The zero-order valence-electron chi connectivity index (χ0n) is 10.9. The Balaban J connectivity index is 1.98. The third-order valence-electron chi connectivity index (χ3n) is 2.92. The molecule has 1 aromatic carbocycles. The molecule has 0 spiro atoms. The van der Waals surface area contributed by atoms with Crippen molar-refractivity contribution in [3.05, 3.63) is 34.4 Å². The van der Waals surface area contributed by atoms with E-state index in [4.69, 9.17) is 9.15 Å². The Morgan fingerprint density at radius 3 is 2.84 bits per heavy atom. The summed E-state index contributed by atoms with van der Waals surface area (Å²) in [4.78, 5) is 10.1. The Bertz CT molecular complexity index is 562. The molecule has 1 heterocycles. The summed E-state index contributed by atoms with van der Waals surface area (Å²) in [6.45, 7) is 2.84. The van der Waals surface area contributed by atoms with Crippen LogP contribution >= 0.6 is 0 Å². The van der Waals surface area contributed by atoms with Crippen LogP contribution in [0.3, 0.4) is 0 Å². The molecule has 0 saturated heterocycles. The standard InChI is InChI=1S/C14H17NO4/c1-2-3-4-5-8-18-12-6-7-13-11(9-12)10-14(19-13)15(16)17/h6-7,9-10H,2-5,8H2,1H3. The largest absolute Gasteiger partial charge is 0.494 e. The van der Waals surface area contributed by atoms with Crippen molar-refractivity contribution >= 4 is 16.9 Å². The van der Waals surface area contributed by atoms with Crippen LogP contribution in [0.2, 0.25) is 0 Å². The van der Waals surface area contributed by atoms with E-state index >= 15 is 0 Å². The second-order valence-electron chi connectivity index (χ2n) is 4.45. The van der Waals surface area contributed by atoms with Gasteiger partial charge in [0, 0.05) is 5.39 Å². The van der Waals surface area contributed by atoms with Crippen molar-refractivity contribution in [2.45, 2.75) is 32.6 Å². The Morgan fingerprint density at radius 1 is 1.26 bits per heavy atom. The van der Waals surface area contributed by atoms with Crippen LogP contribution in [0.1, 0.15) is 32.6 Å². The molecule has 5 nitrogen and oxygen atoms in total. The van der Waals surface area contributed by atoms with E-state index in [1.165, 1.54) is 18.9 Å². The quantitative estimate of drug-likeness (QED) is 0.424. The van der Waals surface area contributed by atoms with E-state index in [1.807, 2.05) is 0 Å². The molecule has 19 heavy (non-hydrogen) atoms. The second-order valence-corrected chi connectivity index (χ2v) is 4.45. The first-order chi connectivity index (χ1) is 9.20. The van der Waals surface area contributed by atoms with E-state index in [1.54, 1.807) is 18.2 Å². The van der Waals surface area contributed by atoms with Crippen LogP contribution in [0.4, 0.5) is 5.88 Å². The van der Waals surface area contributed by atoms with Crippen molar-refractivity contribution < 1.29 is 14.1 Å². The average Bonchev–Trinajstić information content (AvgIpc) is 2.82. The second kappa shape index (κ2) is 6.22. The molecular weight excluding hydrogens is 246 g/mol. The van der Waals surface area contributed by atoms with E-state index in [0.717, 1.165) is 18.6 Å². The van der Waals surface area contributed by atoms with Gasteiger partial charge in [-0.3, -0.25) is 10.1 Å². The molecule has 2 aromatic rings. The van der Waals surface area contributed by atoms with E-state index in [0.29, 0.717) is 17.6 Å². The summed E-state index contributed by atoms with van der Waals surface area (Å²) in [5.41, 5.74) is 0.505. The molecular formula is C14H17NO4. The molecule has 0 aliphatic carbocycles. The van der Waals surface area contributed by atoms with E-state index in [9.17, 15) is 10.1 Å². The molecule has 0 aliphatic heterocycles. The average molecular weight is 263 g/mol. The highest BCUT2D eigenvalue weighted by Crippen LogP contribution is 2.28. The Morgan fingerprint density at radius 2 is 2.11 bits per heavy atom. The van der Waals surface area contributed by atoms with Gasteiger partial charge < -0.3 is 9.15 Å². The van der Waals surface area contributed by atoms with Crippen molar-refractivity contribution in [2.24, 2.45) is 0 Å². The molecule has 0 N–H and O–H groups in total. The van der Waals surface area contributed by atoms with Crippen LogP contribution < -0.4 is 4.74 Å². The molecule has 0 amide bonds. The predicted molar refractivity (Wildman–Crippen MR) is 72.5 cm³/mol. The van der Waals surface area contributed by atoms with Crippen molar-refractivity contribution in [1.82, 2.24) is 0 Å². The zero-order valence-corrected chi connectivity index (χ0v) is 10.9. The summed E-state index contributed by atoms with van der Waals surface area (Å²) in [6.07, 6.45) is 4.61. The topological polar surface area (TPSA) is 65.5 Å². The summed E-state index contributed by atoms with van der Waals surface area (Å²) < 4.78 is 10.7. The highest BCUT2D eigenvalue weighted by Gasteiger charge is 2.13. The van der Waals surface area contributed by atoms with Gasteiger partial charge in [0.1, 0.15) is 16.3 Å². The van der Waals surface area contributed by atoms with Gasteiger partial charge in [-0.25, -0.2) is 0 Å². The maximum atomic E-state index is 10.6. The zero-order chi connectivity index (χ0) is 13.7. The molecule has 0 atom stereocenters. The normalized spacial score (nSPS) is 10.8. The number of rotatable bonds is 7. The molecule has 1 aromatic heterocycles. The van der Waals surface area contributed by atoms with Crippen LogP contribution in [0.25, 0.3) is 11.0 Å². The van der Waals surface area contributed by atoms with Gasteiger partial charge in [-0.1, -0.05) is 26.2 Å². The summed E-state index contributed by atoms with van der Waals surface area (Å²) in [7, 11) is 0. The maximum absolute atomic E-state index is 10.6. The molecule has 0 aliphatic rings. The summed E-state index contributed by atoms with van der Waals surface area (Å²) in [6, 6.07) is 6.66.